The van der Waals surface area contributed by atoms with Crippen molar-refractivity contribution in [2.45, 2.75) is 307 Å². The molecule has 7 N–H and O–H groups in total. The van der Waals surface area contributed by atoms with E-state index in [4.69, 9.17) is 26.4 Å². The molecule has 0 aliphatic carbocycles. The quantitative estimate of drug-likeness (QED) is 0.0245. The number of anilines is 1. The Labute approximate surface area is 446 Å². The van der Waals surface area contributed by atoms with Crippen molar-refractivity contribution in [2.24, 2.45) is 0 Å². The zero-order chi connectivity index (χ0) is 53.2. The molecule has 11 nitrogen and oxygen atoms in total. The van der Waals surface area contributed by atoms with Gasteiger partial charge in [0.2, 0.25) is 0 Å². The van der Waals surface area contributed by atoms with E-state index in [1.807, 2.05) is 0 Å². The van der Waals surface area contributed by atoms with Gasteiger partial charge in [0, 0.05) is 0 Å². The third kappa shape index (κ3) is 34.5. The van der Waals surface area contributed by atoms with Crippen molar-refractivity contribution >= 4 is 23.1 Å². The number of para-hydroxylation sites is 2. The van der Waals surface area contributed by atoms with E-state index in [-0.39, 0.29) is 17.5 Å². The highest BCUT2D eigenvalue weighted by molar-refractivity contribution is 7.80. The van der Waals surface area contributed by atoms with Crippen molar-refractivity contribution < 1.29 is 57.7 Å². The molecule has 0 amide bonds. The second-order valence-corrected chi connectivity index (χ2v) is 21.4. The molecule has 1 heterocycles. The van der Waals surface area contributed by atoms with Crippen molar-refractivity contribution in [2.75, 3.05) is 25.1 Å². The number of hydrogen-bond acceptors (Lipinski definition) is 11. The summed E-state index contributed by atoms with van der Waals surface area (Å²) in [4.78, 5) is 0. The van der Waals surface area contributed by atoms with E-state index in [1.165, 1.54) is 204 Å². The molecule has 73 heavy (non-hydrogen) atoms. The first kappa shape index (κ1) is 67.3. The molecule has 2 rings (SSSR count). The summed E-state index contributed by atoms with van der Waals surface area (Å²) in [7, 11) is 0. The minimum atomic E-state index is -4.94. The average molecular weight is 1060 g/mol. The molecule has 0 spiro atoms. The first-order valence-corrected chi connectivity index (χ1v) is 30.0. The summed E-state index contributed by atoms with van der Waals surface area (Å²) in [5.74, 6) is -0.535. The molecule has 1 aliphatic rings. The van der Waals surface area contributed by atoms with Crippen LogP contribution in [0.3, 0.4) is 0 Å². The number of halogens is 3. The van der Waals surface area contributed by atoms with E-state index in [0.717, 1.165) is 51.0 Å². The van der Waals surface area contributed by atoms with Crippen LogP contribution in [0.1, 0.15) is 251 Å². The Morgan fingerprint density at radius 1 is 0.589 bits per heavy atom. The average Bonchev–Trinajstić information content (AvgIpc) is 3.36. The molecule has 1 aromatic carbocycles. The van der Waals surface area contributed by atoms with E-state index in [1.54, 1.807) is 0 Å². The fraction of sp³-hybridized carbons (Fsp3) is 0.879. The van der Waals surface area contributed by atoms with E-state index in [2.05, 4.69) is 29.2 Å². The van der Waals surface area contributed by atoms with Gasteiger partial charge < -0.3 is 55.1 Å². The van der Waals surface area contributed by atoms with Crippen LogP contribution in [0.4, 0.5) is 18.9 Å². The molecule has 428 valence electrons. The van der Waals surface area contributed by atoms with Crippen molar-refractivity contribution in [3.63, 3.8) is 0 Å². The number of alkyl halides is 3. The monoisotopic (exact) mass is 1060 g/mol. The number of ether oxygens (including phenoxy) is 4. The third-order valence-corrected chi connectivity index (χ3v) is 14.7. The van der Waals surface area contributed by atoms with Gasteiger partial charge in [-0.15, -0.1) is 13.2 Å². The van der Waals surface area contributed by atoms with Crippen LogP contribution in [0.25, 0.3) is 0 Å². The summed E-state index contributed by atoms with van der Waals surface area (Å²) in [6, 6.07) is 4.52. The summed E-state index contributed by atoms with van der Waals surface area (Å²) < 4.78 is 60.1. The Hall–Kier alpha value is -1.82. The van der Waals surface area contributed by atoms with Gasteiger partial charge in [-0.1, -0.05) is 251 Å². The summed E-state index contributed by atoms with van der Waals surface area (Å²) >= 11 is 5.17. The second kappa shape index (κ2) is 44.2. The maximum Gasteiger partial charge on any atom is 0.573 e. The molecule has 0 bridgehead atoms. The normalized spacial score (nSPS) is 19.5. The Morgan fingerprint density at radius 2 is 1.00 bits per heavy atom. The minimum Gasteiger partial charge on any atom is -0.468 e. The van der Waals surface area contributed by atoms with Gasteiger partial charge in [-0.05, 0) is 43.7 Å². The molecule has 15 heteroatoms. The van der Waals surface area contributed by atoms with Gasteiger partial charge >= 0.3 is 6.36 Å². The first-order chi connectivity index (χ1) is 35.4. The molecule has 1 aromatic rings. The fourth-order valence-corrected chi connectivity index (χ4v) is 9.94. The van der Waals surface area contributed by atoms with Gasteiger partial charge in [-0.3, -0.25) is 0 Å². The van der Waals surface area contributed by atoms with Crippen LogP contribution in [-0.4, -0.2) is 106 Å². The maximum atomic E-state index is 12.9. The number of rotatable bonds is 48. The molecular formula is C58H105F3N2O9S. The molecule has 1 aliphatic heterocycles. The number of aliphatic hydroxyl groups is 5. The van der Waals surface area contributed by atoms with Crippen LogP contribution in [0.2, 0.25) is 0 Å². The lowest BCUT2D eigenvalue weighted by Gasteiger charge is -2.40. The third-order valence-electron chi connectivity index (χ3n) is 14.4. The molecule has 1 saturated heterocycles. The molecule has 0 saturated carbocycles. The predicted molar refractivity (Wildman–Crippen MR) is 294 cm³/mol. The van der Waals surface area contributed by atoms with Crippen LogP contribution in [0, 0.1) is 0 Å². The van der Waals surface area contributed by atoms with Crippen molar-refractivity contribution in [1.29, 1.82) is 0 Å². The summed E-state index contributed by atoms with van der Waals surface area (Å²) in [5, 5.41) is 60.5. The molecule has 0 unspecified atom stereocenters. The highest BCUT2D eigenvalue weighted by atomic mass is 32.1. The first-order valence-electron chi connectivity index (χ1n) is 29.6. The van der Waals surface area contributed by atoms with Gasteiger partial charge in [-0.2, -0.15) is 0 Å². The molecule has 8 atom stereocenters. The SMILES string of the molecule is CCCCCCCCCCCCCCCCCCCCCCCCCCN[C@@H](CO[C@H]1O[C@H](COC(=S)Nc2ccccc2OC(F)(F)F)[C@H](O)[C@H](O)[C@H]1O)[C@H](O)[C@H](O)CCCCCCCCCCCCCC. The lowest BCUT2D eigenvalue weighted by atomic mass is 9.98. The smallest absolute Gasteiger partial charge is 0.468 e. The number of aliphatic hydroxyl groups excluding tert-OH is 5. The number of benzene rings is 1. The van der Waals surface area contributed by atoms with Crippen LogP contribution in [0.5, 0.6) is 5.75 Å². The largest absolute Gasteiger partial charge is 0.573 e. The van der Waals surface area contributed by atoms with Crippen LogP contribution < -0.4 is 15.4 Å². The zero-order valence-electron chi connectivity index (χ0n) is 45.6. The van der Waals surface area contributed by atoms with Gasteiger partial charge in [0.1, 0.15) is 31.0 Å². The molecule has 0 radical (unpaired) electrons. The summed E-state index contributed by atoms with van der Waals surface area (Å²) in [6.45, 7) is 4.44. The Balaban J connectivity index is 1.74. The number of nitrogens with one attached hydrogen (secondary N) is 2. The molecular weight excluding hydrogens is 958 g/mol. The molecule has 0 aromatic heterocycles. The zero-order valence-corrected chi connectivity index (χ0v) is 46.4. The topological polar surface area (TPSA) is 162 Å². The molecule has 1 fully saturated rings. The second-order valence-electron chi connectivity index (χ2n) is 21.0. The van der Waals surface area contributed by atoms with E-state index in [9.17, 15) is 38.7 Å². The van der Waals surface area contributed by atoms with Gasteiger partial charge in [-0.25, -0.2) is 0 Å². The van der Waals surface area contributed by atoms with Crippen molar-refractivity contribution in [3.05, 3.63) is 24.3 Å². The van der Waals surface area contributed by atoms with Gasteiger partial charge in [0.05, 0.1) is 30.5 Å². The van der Waals surface area contributed by atoms with Crippen LogP contribution in [0.15, 0.2) is 24.3 Å². The highest BCUT2D eigenvalue weighted by Gasteiger charge is 2.45. The maximum absolute atomic E-state index is 12.9. The number of hydrogen-bond donors (Lipinski definition) is 7. The van der Waals surface area contributed by atoms with Gasteiger partial charge in [0.25, 0.3) is 5.17 Å². The Bertz CT molecular complexity index is 1440. The number of unbranched alkanes of at least 4 members (excludes halogenated alkanes) is 34. The standard InChI is InChI=1S/C58H105F3N2O9S/c1-3-5-7-9-11-13-15-17-18-19-20-21-22-23-24-25-26-27-28-30-32-34-36-40-44-62-48(52(65)49(64)42-37-35-33-31-29-16-14-12-10-8-6-4-2)45-69-56-55(68)54(67)53(66)51(71-56)46-70-57(73)63-47-41-38-39-43-50(47)72-58(59,60)61/h38-39,41,43,48-49,51-56,62,64-68H,3-37,40,42,44-46H2,1-2H3,(H,63,73)/t48-,49+,51+,52-,53-,54-,55+,56-/m0/s1. The van der Waals surface area contributed by atoms with Crippen LogP contribution in [-0.2, 0) is 14.2 Å². The van der Waals surface area contributed by atoms with Gasteiger partial charge in [0.15, 0.2) is 12.0 Å². The van der Waals surface area contributed by atoms with E-state index in [0.29, 0.717) is 13.0 Å². The highest BCUT2D eigenvalue weighted by Crippen LogP contribution is 2.31. The Morgan fingerprint density at radius 3 is 1.44 bits per heavy atom. The Kier molecular flexibility index (Phi) is 40.7. The summed E-state index contributed by atoms with van der Waals surface area (Å²) in [6.07, 6.45) is 31.5. The van der Waals surface area contributed by atoms with Crippen molar-refractivity contribution in [1.82, 2.24) is 5.32 Å². The number of thiocarbonyl (C=S) groups is 1. The fourth-order valence-electron chi connectivity index (χ4n) is 9.76. The van der Waals surface area contributed by atoms with Crippen LogP contribution >= 0.6 is 12.2 Å². The minimum absolute atomic E-state index is 0.115. The summed E-state index contributed by atoms with van der Waals surface area (Å²) in [5.41, 5.74) is -0.115. The lowest BCUT2D eigenvalue weighted by molar-refractivity contribution is -0.302. The van der Waals surface area contributed by atoms with Crippen molar-refractivity contribution in [3.8, 4) is 5.75 Å². The van der Waals surface area contributed by atoms with E-state index < -0.39 is 67.7 Å². The van der Waals surface area contributed by atoms with E-state index >= 15 is 0 Å². The lowest BCUT2D eigenvalue weighted by Crippen LogP contribution is -2.60. The predicted octanol–water partition coefficient (Wildman–Crippen LogP) is 14.3.